The van der Waals surface area contributed by atoms with Crippen molar-refractivity contribution in [3.8, 4) is 0 Å². The van der Waals surface area contributed by atoms with E-state index in [1.807, 2.05) is 0 Å². The molecule has 0 atom stereocenters. The van der Waals surface area contributed by atoms with Crippen LogP contribution in [0, 0.1) is 0 Å². The van der Waals surface area contributed by atoms with Crippen molar-refractivity contribution in [2.75, 3.05) is 0 Å². The zero-order chi connectivity index (χ0) is 9.90. The van der Waals surface area contributed by atoms with Crippen LogP contribution >= 0.6 is 12.2 Å². The van der Waals surface area contributed by atoms with Gasteiger partial charge in [0, 0.05) is 0 Å². The van der Waals surface area contributed by atoms with Gasteiger partial charge >= 0.3 is 29.6 Å². The van der Waals surface area contributed by atoms with E-state index in [0.29, 0.717) is 5.69 Å². The van der Waals surface area contributed by atoms with Crippen LogP contribution in [-0.4, -0.2) is 18.1 Å². The molecular weight excluding hydrogens is 233 g/mol. The van der Waals surface area contributed by atoms with Crippen molar-refractivity contribution in [2.45, 2.75) is 4.90 Å². The molecule has 1 aromatic rings. The Labute approximate surface area is 109 Å². The van der Waals surface area contributed by atoms with Gasteiger partial charge in [0.15, 0.2) is 0 Å². The monoisotopic (exact) mass is 237 g/mol. The molecule has 0 saturated heterocycles. The van der Waals surface area contributed by atoms with E-state index in [0.717, 1.165) is 6.07 Å². The second kappa shape index (κ2) is 5.72. The Morgan fingerprint density at radius 2 is 2.07 bits per heavy atom. The molecule has 0 aliphatic heterocycles. The molecule has 0 N–H and O–H groups in total. The number of nitrogens with zero attached hydrogens (tertiary/aromatic N) is 1. The Morgan fingerprint density at radius 3 is 2.57 bits per heavy atom. The van der Waals surface area contributed by atoms with Crippen LogP contribution in [0.5, 0.6) is 0 Å². The van der Waals surface area contributed by atoms with Crippen LogP contribution in [0.15, 0.2) is 34.2 Å². The SMILES string of the molecule is O=S(=O)([O-])c1cccc(N=C=S)c1.[Na+]. The largest absolute Gasteiger partial charge is 1.00 e. The summed E-state index contributed by atoms with van der Waals surface area (Å²) in [6.45, 7) is 0. The van der Waals surface area contributed by atoms with E-state index in [9.17, 15) is 13.0 Å². The smallest absolute Gasteiger partial charge is 0.744 e. The maximum atomic E-state index is 10.5. The second-order valence-corrected chi connectivity index (χ2v) is 3.72. The van der Waals surface area contributed by atoms with E-state index >= 15 is 0 Å². The first kappa shape index (κ1) is 13.9. The normalized spacial score (nSPS) is 9.79. The van der Waals surface area contributed by atoms with Crippen LogP contribution in [-0.2, 0) is 10.1 Å². The van der Waals surface area contributed by atoms with Crippen molar-refractivity contribution in [2.24, 2.45) is 4.99 Å². The molecule has 0 heterocycles. The Bertz CT molecular complexity index is 466. The molecule has 0 bridgehead atoms. The minimum Gasteiger partial charge on any atom is -0.744 e. The summed E-state index contributed by atoms with van der Waals surface area (Å²) >= 11 is 4.33. The van der Waals surface area contributed by atoms with E-state index in [4.69, 9.17) is 0 Å². The van der Waals surface area contributed by atoms with Crippen LogP contribution in [0.3, 0.4) is 0 Å². The quantitative estimate of drug-likeness (QED) is 0.267. The van der Waals surface area contributed by atoms with Gasteiger partial charge in [-0.2, -0.15) is 4.99 Å². The predicted octanol–water partition coefficient (Wildman–Crippen LogP) is -1.67. The van der Waals surface area contributed by atoms with Gasteiger partial charge in [0.2, 0.25) is 0 Å². The first-order valence-electron chi connectivity index (χ1n) is 3.18. The molecule has 0 aliphatic carbocycles. The van der Waals surface area contributed by atoms with E-state index in [1.165, 1.54) is 18.2 Å². The third-order valence-corrected chi connectivity index (χ3v) is 2.20. The molecule has 0 saturated carbocycles. The molecule has 1 aromatic carbocycles. The Morgan fingerprint density at radius 1 is 1.43 bits per heavy atom. The minimum atomic E-state index is -4.42. The van der Waals surface area contributed by atoms with Crippen LogP contribution in [0.1, 0.15) is 0 Å². The average Bonchev–Trinajstić information content (AvgIpc) is 2.04. The van der Waals surface area contributed by atoms with Crippen LogP contribution < -0.4 is 29.6 Å². The van der Waals surface area contributed by atoms with Crippen molar-refractivity contribution in [1.29, 1.82) is 0 Å². The Balaban J connectivity index is 0.00000169. The summed E-state index contributed by atoms with van der Waals surface area (Å²) in [6.07, 6.45) is 0. The zero-order valence-electron chi connectivity index (χ0n) is 7.30. The van der Waals surface area contributed by atoms with Gasteiger partial charge in [-0.1, -0.05) is 6.07 Å². The first-order chi connectivity index (χ1) is 6.04. The summed E-state index contributed by atoms with van der Waals surface area (Å²) in [6, 6.07) is 5.27. The van der Waals surface area contributed by atoms with Crippen molar-refractivity contribution in [1.82, 2.24) is 0 Å². The maximum absolute atomic E-state index is 10.5. The molecular formula is C7H4NNaO3S2. The summed E-state index contributed by atoms with van der Waals surface area (Å²) < 4.78 is 31.6. The van der Waals surface area contributed by atoms with Gasteiger partial charge < -0.3 is 4.55 Å². The topological polar surface area (TPSA) is 69.6 Å². The fraction of sp³-hybridized carbons (Fsp3) is 0. The summed E-state index contributed by atoms with van der Waals surface area (Å²) in [5.74, 6) is 0. The van der Waals surface area contributed by atoms with Gasteiger partial charge in [-0.05, 0) is 30.4 Å². The van der Waals surface area contributed by atoms with Gasteiger partial charge in [0.1, 0.15) is 10.1 Å². The second-order valence-electron chi connectivity index (χ2n) is 2.15. The maximum Gasteiger partial charge on any atom is 1.00 e. The van der Waals surface area contributed by atoms with Gasteiger partial charge in [0.25, 0.3) is 0 Å². The summed E-state index contributed by atoms with van der Waals surface area (Å²) in [7, 11) is -4.42. The van der Waals surface area contributed by atoms with E-state index in [1.54, 1.807) is 0 Å². The molecule has 0 radical (unpaired) electrons. The zero-order valence-corrected chi connectivity index (χ0v) is 10.9. The van der Waals surface area contributed by atoms with Gasteiger partial charge in [-0.25, -0.2) is 8.42 Å². The molecule has 1 rings (SSSR count). The van der Waals surface area contributed by atoms with E-state index < -0.39 is 10.1 Å². The Kier molecular flexibility index (Phi) is 5.70. The minimum absolute atomic E-state index is 0. The molecule has 14 heavy (non-hydrogen) atoms. The molecule has 68 valence electrons. The first-order valence-corrected chi connectivity index (χ1v) is 4.99. The summed E-state index contributed by atoms with van der Waals surface area (Å²) in [4.78, 5) is 3.22. The number of aliphatic imine (C=N–C) groups is 1. The third kappa shape index (κ3) is 3.98. The van der Waals surface area contributed by atoms with Crippen LogP contribution in [0.25, 0.3) is 0 Å². The molecule has 0 aromatic heterocycles. The molecule has 0 unspecified atom stereocenters. The fourth-order valence-electron chi connectivity index (χ4n) is 0.761. The Hall–Kier alpha value is -0.0700. The molecule has 0 spiro atoms. The number of rotatable bonds is 2. The molecule has 0 fully saturated rings. The number of isothiocyanates is 1. The number of hydrogen-bond donors (Lipinski definition) is 0. The fourth-order valence-corrected chi connectivity index (χ4v) is 1.38. The van der Waals surface area contributed by atoms with Gasteiger partial charge in [0.05, 0.1) is 15.7 Å². The number of thiocarbonyl (C=S) groups is 1. The van der Waals surface area contributed by atoms with Crippen molar-refractivity contribution < 1.29 is 42.5 Å². The molecule has 0 aliphatic rings. The predicted molar refractivity (Wildman–Crippen MR) is 49.1 cm³/mol. The molecule has 4 nitrogen and oxygen atoms in total. The third-order valence-electron chi connectivity index (χ3n) is 1.28. The van der Waals surface area contributed by atoms with Gasteiger partial charge in [-0.15, -0.1) is 0 Å². The summed E-state index contributed by atoms with van der Waals surface area (Å²) in [5, 5.41) is 2.07. The van der Waals surface area contributed by atoms with Crippen LogP contribution in [0.4, 0.5) is 5.69 Å². The van der Waals surface area contributed by atoms with Crippen LogP contribution in [0.2, 0.25) is 0 Å². The average molecular weight is 237 g/mol. The molecule has 0 amide bonds. The van der Waals surface area contributed by atoms with Crippen molar-refractivity contribution in [3.05, 3.63) is 24.3 Å². The van der Waals surface area contributed by atoms with Crippen molar-refractivity contribution in [3.63, 3.8) is 0 Å². The van der Waals surface area contributed by atoms with E-state index in [-0.39, 0.29) is 34.5 Å². The summed E-state index contributed by atoms with van der Waals surface area (Å²) in [5.41, 5.74) is 0.298. The number of hydrogen-bond acceptors (Lipinski definition) is 5. The van der Waals surface area contributed by atoms with Crippen molar-refractivity contribution >= 4 is 33.2 Å². The van der Waals surface area contributed by atoms with E-state index in [2.05, 4.69) is 22.4 Å². The molecule has 7 heteroatoms. The number of benzene rings is 1. The van der Waals surface area contributed by atoms with Gasteiger partial charge in [-0.3, -0.25) is 0 Å². The standard InChI is InChI=1S/C7H5NO3S2.Na/c9-13(10,11)7-3-1-2-6(4-7)8-5-12;/h1-4H,(H,9,10,11);/q;+1/p-1.